The maximum Gasteiger partial charge on any atom is 0.143 e. The van der Waals surface area contributed by atoms with Crippen LogP contribution in [-0.4, -0.2) is 5.84 Å². The van der Waals surface area contributed by atoms with Crippen LogP contribution in [0.15, 0.2) is 165 Å². The number of furan rings is 2. The summed E-state index contributed by atoms with van der Waals surface area (Å²) < 4.78 is 15.3. The van der Waals surface area contributed by atoms with Crippen molar-refractivity contribution in [2.45, 2.75) is 12.3 Å². The number of thiophene rings is 1. The fraction of sp³-hybridized carbons (Fsp3) is 0.0444. The van der Waals surface area contributed by atoms with Gasteiger partial charge in [0, 0.05) is 58.4 Å². The minimum atomic E-state index is -0.245. The van der Waals surface area contributed by atoms with Crippen LogP contribution in [0.3, 0.4) is 0 Å². The third-order valence-electron chi connectivity index (χ3n) is 10.2. The van der Waals surface area contributed by atoms with Gasteiger partial charge in [0.05, 0.1) is 0 Å². The van der Waals surface area contributed by atoms with E-state index in [1.165, 1.54) is 20.2 Å². The molecule has 0 fully saturated rings. The molecule has 0 saturated heterocycles. The number of para-hydroxylation sites is 4. The molecular weight excluding hydrogens is 647 g/mol. The van der Waals surface area contributed by atoms with Crippen molar-refractivity contribution in [2.75, 3.05) is 0 Å². The Bertz CT molecular complexity index is 3010. The minimum Gasteiger partial charge on any atom is -0.456 e. The van der Waals surface area contributed by atoms with Crippen molar-refractivity contribution < 1.29 is 8.83 Å². The summed E-state index contributed by atoms with van der Waals surface area (Å²) in [5, 5.41) is 14.5. The lowest BCUT2D eigenvalue weighted by Gasteiger charge is -2.32. The van der Waals surface area contributed by atoms with Gasteiger partial charge in [-0.2, -0.15) is 0 Å². The summed E-state index contributed by atoms with van der Waals surface area (Å²) in [7, 11) is 0. The number of nitrogens with one attached hydrogen (secondary N) is 2. The Morgan fingerprint density at radius 1 is 0.510 bits per heavy atom. The maximum absolute atomic E-state index is 6.47. The van der Waals surface area contributed by atoms with E-state index in [4.69, 9.17) is 13.8 Å². The van der Waals surface area contributed by atoms with E-state index >= 15 is 0 Å². The third-order valence-corrected chi connectivity index (χ3v) is 11.3. The Balaban J connectivity index is 1.01. The highest BCUT2D eigenvalue weighted by molar-refractivity contribution is 7.25. The standard InChI is InChI=1S/C45H29N3O2S/c1-2-10-26(11-3-1)43-46-44(48-45(47-43)35-17-9-16-34-31-13-5-7-19-38(31)50-42(34)35)28-21-23-39-36(24-28)32-22-20-27(25-40(32)51-39)29-14-8-15-33-30-12-4-6-18-37(30)49-41(29)33/h1-25,43,45,47H,(H,46,48). The molecule has 5 nitrogen and oxygen atoms in total. The van der Waals surface area contributed by atoms with Gasteiger partial charge in [-0.25, -0.2) is 4.99 Å². The molecule has 0 saturated carbocycles. The largest absolute Gasteiger partial charge is 0.456 e. The number of hydrogen-bond donors (Lipinski definition) is 2. The Hall–Kier alpha value is -6.21. The van der Waals surface area contributed by atoms with Crippen molar-refractivity contribution in [3.05, 3.63) is 168 Å². The van der Waals surface area contributed by atoms with Crippen LogP contribution >= 0.6 is 11.3 Å². The van der Waals surface area contributed by atoms with Gasteiger partial charge in [0.25, 0.3) is 0 Å². The Morgan fingerprint density at radius 2 is 1.20 bits per heavy atom. The molecule has 7 aromatic carbocycles. The number of benzene rings is 7. The summed E-state index contributed by atoms with van der Waals surface area (Å²) in [5.74, 6) is 0.843. The molecule has 6 heteroatoms. The van der Waals surface area contributed by atoms with Gasteiger partial charge in [0.2, 0.25) is 0 Å². The molecular formula is C45H29N3O2S. The molecule has 0 bridgehead atoms. The average Bonchev–Trinajstić information content (AvgIpc) is 3.88. The second-order valence-electron chi connectivity index (χ2n) is 13.2. The first-order valence-electron chi connectivity index (χ1n) is 17.2. The Kier molecular flexibility index (Phi) is 6.26. The minimum absolute atomic E-state index is 0.231. The van der Waals surface area contributed by atoms with Crippen LogP contribution in [0.25, 0.3) is 75.2 Å². The van der Waals surface area contributed by atoms with E-state index in [1.54, 1.807) is 0 Å². The van der Waals surface area contributed by atoms with Gasteiger partial charge in [-0.1, -0.05) is 115 Å². The van der Waals surface area contributed by atoms with Crippen molar-refractivity contribution in [3.63, 3.8) is 0 Å². The van der Waals surface area contributed by atoms with Crippen LogP contribution in [0.1, 0.15) is 29.0 Å². The molecule has 0 aliphatic carbocycles. The molecule has 0 spiro atoms. The Morgan fingerprint density at radius 3 is 2.02 bits per heavy atom. The van der Waals surface area contributed by atoms with E-state index < -0.39 is 0 Å². The molecule has 242 valence electrons. The van der Waals surface area contributed by atoms with Gasteiger partial charge in [0.1, 0.15) is 40.5 Å². The summed E-state index contributed by atoms with van der Waals surface area (Å²) >= 11 is 1.82. The fourth-order valence-electron chi connectivity index (χ4n) is 7.73. The topological polar surface area (TPSA) is 62.7 Å². The number of aliphatic imine (C=N–C) groups is 1. The molecule has 51 heavy (non-hydrogen) atoms. The van der Waals surface area contributed by atoms with Gasteiger partial charge < -0.3 is 14.2 Å². The molecule has 10 aromatic rings. The fourth-order valence-corrected chi connectivity index (χ4v) is 8.86. The molecule has 0 amide bonds. The van der Waals surface area contributed by atoms with Crippen molar-refractivity contribution in [1.29, 1.82) is 0 Å². The maximum atomic E-state index is 6.47. The first-order valence-corrected chi connectivity index (χ1v) is 18.0. The van der Waals surface area contributed by atoms with Gasteiger partial charge in [-0.3, -0.25) is 5.32 Å². The summed E-state index contributed by atoms with van der Waals surface area (Å²) in [6, 6.07) is 53.2. The van der Waals surface area contributed by atoms with Crippen LogP contribution in [-0.2, 0) is 0 Å². The number of hydrogen-bond acceptors (Lipinski definition) is 6. The molecule has 2 unspecified atom stereocenters. The molecule has 2 atom stereocenters. The van der Waals surface area contributed by atoms with E-state index in [0.717, 1.165) is 77.5 Å². The van der Waals surface area contributed by atoms with Crippen LogP contribution in [0.2, 0.25) is 0 Å². The summed E-state index contributed by atoms with van der Waals surface area (Å²) in [4.78, 5) is 5.25. The lowest BCUT2D eigenvalue weighted by molar-refractivity contribution is 0.408. The second-order valence-corrected chi connectivity index (χ2v) is 14.2. The molecule has 11 rings (SSSR count). The zero-order valence-electron chi connectivity index (χ0n) is 27.3. The number of fused-ring (bicyclic) bond motifs is 9. The number of nitrogens with zero attached hydrogens (tertiary/aromatic N) is 1. The van der Waals surface area contributed by atoms with Crippen molar-refractivity contribution >= 4 is 81.2 Å². The highest BCUT2D eigenvalue weighted by Crippen LogP contribution is 2.41. The van der Waals surface area contributed by atoms with E-state index in [2.05, 4.69) is 132 Å². The summed E-state index contributed by atoms with van der Waals surface area (Å²) in [6.07, 6.45) is -0.476. The molecule has 4 heterocycles. The number of rotatable bonds is 4. The molecule has 0 radical (unpaired) electrons. The smallest absolute Gasteiger partial charge is 0.143 e. The first-order chi connectivity index (χ1) is 25.2. The molecule has 3 aromatic heterocycles. The van der Waals surface area contributed by atoms with Gasteiger partial charge >= 0.3 is 0 Å². The highest BCUT2D eigenvalue weighted by atomic mass is 32.1. The molecule has 1 aliphatic heterocycles. The molecule has 1 aliphatic rings. The van der Waals surface area contributed by atoms with Crippen LogP contribution in [0, 0.1) is 0 Å². The van der Waals surface area contributed by atoms with E-state index in [-0.39, 0.29) is 12.3 Å². The summed E-state index contributed by atoms with van der Waals surface area (Å²) in [5.41, 5.74) is 9.06. The van der Waals surface area contributed by atoms with E-state index in [1.807, 2.05) is 41.7 Å². The van der Waals surface area contributed by atoms with E-state index in [9.17, 15) is 0 Å². The second kappa shape index (κ2) is 11.2. The zero-order chi connectivity index (χ0) is 33.5. The quantitative estimate of drug-likeness (QED) is 0.195. The van der Waals surface area contributed by atoms with Gasteiger partial charge in [-0.15, -0.1) is 11.3 Å². The first kappa shape index (κ1) is 28.6. The van der Waals surface area contributed by atoms with Crippen molar-refractivity contribution in [3.8, 4) is 11.1 Å². The lowest BCUT2D eigenvalue weighted by atomic mass is 10.0. The SMILES string of the molecule is c1ccc(C2N=C(c3ccc4sc5cc(-c6cccc7c6oc6ccccc67)ccc5c4c3)NC(c3cccc4c3oc3ccccc34)N2)cc1. The normalized spacial score (nSPS) is 16.4. The van der Waals surface area contributed by atoms with Gasteiger partial charge in [0.15, 0.2) is 0 Å². The predicted molar refractivity (Wildman–Crippen MR) is 210 cm³/mol. The van der Waals surface area contributed by atoms with Crippen LogP contribution < -0.4 is 10.6 Å². The number of amidine groups is 1. The summed E-state index contributed by atoms with van der Waals surface area (Å²) in [6.45, 7) is 0. The Labute approximate surface area is 296 Å². The predicted octanol–water partition coefficient (Wildman–Crippen LogP) is 11.9. The van der Waals surface area contributed by atoms with E-state index in [0.29, 0.717) is 0 Å². The van der Waals surface area contributed by atoms with Gasteiger partial charge in [-0.05, 0) is 47.5 Å². The third kappa shape index (κ3) is 4.54. The monoisotopic (exact) mass is 675 g/mol. The highest BCUT2D eigenvalue weighted by Gasteiger charge is 2.28. The molecule has 2 N–H and O–H groups in total. The van der Waals surface area contributed by atoms with Crippen LogP contribution in [0.5, 0.6) is 0 Å². The zero-order valence-corrected chi connectivity index (χ0v) is 28.1. The lowest BCUT2D eigenvalue weighted by Crippen LogP contribution is -2.45. The van der Waals surface area contributed by atoms with Crippen molar-refractivity contribution in [1.82, 2.24) is 10.6 Å². The average molecular weight is 676 g/mol. The van der Waals surface area contributed by atoms with Crippen molar-refractivity contribution in [2.24, 2.45) is 4.99 Å². The van der Waals surface area contributed by atoms with Crippen LogP contribution in [0.4, 0.5) is 0 Å².